The Morgan fingerprint density at radius 2 is 1.96 bits per heavy atom. The van der Waals surface area contributed by atoms with Crippen LogP contribution in [-0.4, -0.2) is 24.3 Å². The van der Waals surface area contributed by atoms with Gasteiger partial charge in [-0.2, -0.15) is 5.10 Å². The highest BCUT2D eigenvalue weighted by Gasteiger charge is 2.04. The van der Waals surface area contributed by atoms with E-state index in [0.717, 1.165) is 16.9 Å². The van der Waals surface area contributed by atoms with Crippen molar-refractivity contribution in [2.45, 2.75) is 6.61 Å². The van der Waals surface area contributed by atoms with Crippen LogP contribution in [0.15, 0.2) is 59.0 Å². The maximum absolute atomic E-state index is 11.4. The summed E-state index contributed by atoms with van der Waals surface area (Å²) in [6.07, 6.45) is 1.69. The average molecular weight is 382 g/mol. The first-order chi connectivity index (χ1) is 13.1. The van der Waals surface area contributed by atoms with E-state index in [1.165, 1.54) is 18.4 Å². The fourth-order valence-corrected chi connectivity index (χ4v) is 2.72. The fraction of sp³-hybridized carbons (Fsp3) is 0.105. The molecule has 27 heavy (non-hydrogen) atoms. The van der Waals surface area contributed by atoms with E-state index in [-0.39, 0.29) is 5.97 Å². The number of nitrogen functional groups attached to an aromatic ring is 1. The maximum atomic E-state index is 11.4. The number of hydrogen-bond donors (Lipinski definition) is 2. The highest BCUT2D eigenvalue weighted by Crippen LogP contribution is 2.17. The van der Waals surface area contributed by atoms with Gasteiger partial charge < -0.3 is 15.2 Å². The van der Waals surface area contributed by atoms with E-state index >= 15 is 0 Å². The molecule has 0 amide bonds. The van der Waals surface area contributed by atoms with E-state index in [9.17, 15) is 4.79 Å². The highest BCUT2D eigenvalue weighted by molar-refractivity contribution is 7.14. The molecule has 3 N–H and O–H groups in total. The largest absolute Gasteiger partial charge is 0.489 e. The van der Waals surface area contributed by atoms with Crippen molar-refractivity contribution in [3.05, 3.63) is 70.6 Å². The fourth-order valence-electron chi connectivity index (χ4n) is 2.17. The number of hydrazone groups is 1. The van der Waals surface area contributed by atoms with E-state index in [1.807, 2.05) is 36.4 Å². The second-order valence-corrected chi connectivity index (χ2v) is 6.35. The molecule has 0 spiro atoms. The molecule has 1 aromatic heterocycles. The number of carbonyl (C=O) groups is 1. The van der Waals surface area contributed by atoms with Crippen LogP contribution in [0.5, 0.6) is 5.75 Å². The molecule has 0 saturated heterocycles. The standard InChI is InChI=1S/C19H18N4O3S/c1-25-18(24)15-6-2-14(3-7-15)11-26-16-8-4-13(5-9-16)10-21-23-19-22-17(20)12-27-19/h2-10,12H,11,20H2,1H3,(H,22,23). The van der Waals surface area contributed by atoms with Gasteiger partial charge in [-0.25, -0.2) is 9.78 Å². The maximum Gasteiger partial charge on any atom is 0.337 e. The van der Waals surface area contributed by atoms with Crippen molar-refractivity contribution < 1.29 is 14.3 Å². The third-order valence-corrected chi connectivity index (χ3v) is 4.32. The van der Waals surface area contributed by atoms with Gasteiger partial charge in [0.25, 0.3) is 0 Å². The van der Waals surface area contributed by atoms with Crippen molar-refractivity contribution in [2.24, 2.45) is 5.10 Å². The summed E-state index contributed by atoms with van der Waals surface area (Å²) >= 11 is 1.39. The Bertz CT molecular complexity index is 921. The summed E-state index contributed by atoms with van der Waals surface area (Å²) in [6.45, 7) is 0.405. The second-order valence-electron chi connectivity index (χ2n) is 5.49. The van der Waals surface area contributed by atoms with Gasteiger partial charge in [-0.15, -0.1) is 11.3 Å². The number of rotatable bonds is 7. The van der Waals surface area contributed by atoms with E-state index in [2.05, 4.69) is 20.2 Å². The molecule has 1 heterocycles. The minimum atomic E-state index is -0.354. The molecule has 0 fully saturated rings. The van der Waals surface area contributed by atoms with Gasteiger partial charge in [0.1, 0.15) is 18.2 Å². The summed E-state index contributed by atoms with van der Waals surface area (Å²) in [5.74, 6) is 0.858. The van der Waals surface area contributed by atoms with Crippen molar-refractivity contribution in [1.82, 2.24) is 4.98 Å². The number of anilines is 2. The number of methoxy groups -OCH3 is 1. The van der Waals surface area contributed by atoms with Crippen LogP contribution in [0, 0.1) is 0 Å². The van der Waals surface area contributed by atoms with Gasteiger partial charge in [-0.3, -0.25) is 5.43 Å². The highest BCUT2D eigenvalue weighted by atomic mass is 32.1. The van der Waals surface area contributed by atoms with E-state index in [1.54, 1.807) is 23.7 Å². The van der Waals surface area contributed by atoms with Crippen LogP contribution in [-0.2, 0) is 11.3 Å². The molecule has 0 saturated carbocycles. The lowest BCUT2D eigenvalue weighted by Gasteiger charge is -2.07. The lowest BCUT2D eigenvalue weighted by atomic mass is 10.1. The van der Waals surface area contributed by atoms with Crippen LogP contribution in [0.4, 0.5) is 10.9 Å². The quantitative estimate of drug-likeness (QED) is 0.368. The lowest BCUT2D eigenvalue weighted by Crippen LogP contribution is -2.02. The molecule has 8 heteroatoms. The number of nitrogens with zero attached hydrogens (tertiary/aromatic N) is 2. The first-order valence-corrected chi connectivity index (χ1v) is 8.92. The third-order valence-electron chi connectivity index (χ3n) is 3.56. The Kier molecular flexibility index (Phi) is 6.01. The Hall–Kier alpha value is -3.39. The number of carbonyl (C=O) groups excluding carboxylic acids is 1. The minimum absolute atomic E-state index is 0.354. The van der Waals surface area contributed by atoms with Crippen molar-refractivity contribution in [2.75, 3.05) is 18.3 Å². The number of esters is 1. The second kappa shape index (κ2) is 8.81. The van der Waals surface area contributed by atoms with Gasteiger partial charge in [0.05, 0.1) is 18.9 Å². The summed E-state index contributed by atoms with van der Waals surface area (Å²) in [6, 6.07) is 14.6. The predicted octanol–water partition coefficient (Wildman–Crippen LogP) is 3.54. The minimum Gasteiger partial charge on any atom is -0.489 e. The van der Waals surface area contributed by atoms with Crippen LogP contribution in [0.3, 0.4) is 0 Å². The number of aromatic nitrogens is 1. The average Bonchev–Trinajstić information content (AvgIpc) is 3.12. The van der Waals surface area contributed by atoms with Crippen molar-refractivity contribution in [3.63, 3.8) is 0 Å². The third kappa shape index (κ3) is 5.29. The zero-order chi connectivity index (χ0) is 19.1. The number of hydrogen-bond acceptors (Lipinski definition) is 8. The van der Waals surface area contributed by atoms with Crippen LogP contribution >= 0.6 is 11.3 Å². The van der Waals surface area contributed by atoms with Crippen molar-refractivity contribution >= 4 is 34.5 Å². The molecule has 0 aliphatic carbocycles. The predicted molar refractivity (Wildman–Crippen MR) is 106 cm³/mol. The molecule has 138 valence electrons. The smallest absolute Gasteiger partial charge is 0.337 e. The zero-order valence-corrected chi connectivity index (χ0v) is 15.4. The van der Waals surface area contributed by atoms with Crippen LogP contribution in [0.2, 0.25) is 0 Å². The Labute approximate surface area is 160 Å². The molecule has 2 aromatic carbocycles. The van der Waals surface area contributed by atoms with E-state index in [4.69, 9.17) is 10.5 Å². The molecular formula is C19H18N4O3S. The summed E-state index contributed by atoms with van der Waals surface area (Å²) in [5.41, 5.74) is 10.8. The molecule has 3 aromatic rings. The summed E-state index contributed by atoms with van der Waals surface area (Å²) in [5, 5.41) is 6.50. The topological polar surface area (TPSA) is 98.8 Å². The Morgan fingerprint density at radius 3 is 2.59 bits per heavy atom. The molecule has 0 aliphatic heterocycles. The summed E-state index contributed by atoms with van der Waals surface area (Å²) in [4.78, 5) is 15.5. The lowest BCUT2D eigenvalue weighted by molar-refractivity contribution is 0.0600. The van der Waals surface area contributed by atoms with Crippen molar-refractivity contribution in [1.29, 1.82) is 0 Å². The van der Waals surface area contributed by atoms with Crippen molar-refractivity contribution in [3.8, 4) is 5.75 Å². The Balaban J connectivity index is 1.50. The van der Waals surface area contributed by atoms with Gasteiger partial charge in [-0.05, 0) is 47.5 Å². The van der Waals surface area contributed by atoms with Gasteiger partial charge >= 0.3 is 5.97 Å². The number of thiazole rings is 1. The van der Waals surface area contributed by atoms with Crippen LogP contribution in [0.25, 0.3) is 0 Å². The molecule has 3 rings (SSSR count). The summed E-state index contributed by atoms with van der Waals surface area (Å²) < 4.78 is 10.4. The molecular weight excluding hydrogens is 364 g/mol. The van der Waals surface area contributed by atoms with Gasteiger partial charge in [-0.1, -0.05) is 12.1 Å². The zero-order valence-electron chi connectivity index (χ0n) is 14.6. The van der Waals surface area contributed by atoms with Crippen LogP contribution < -0.4 is 15.9 Å². The SMILES string of the molecule is COC(=O)c1ccc(COc2ccc(C=NNc3nc(N)cs3)cc2)cc1. The molecule has 0 aliphatic rings. The summed E-state index contributed by atoms with van der Waals surface area (Å²) in [7, 11) is 1.36. The molecule has 0 atom stereocenters. The molecule has 0 unspecified atom stereocenters. The number of ether oxygens (including phenoxy) is 2. The van der Waals surface area contributed by atoms with E-state index < -0.39 is 0 Å². The first kappa shape index (κ1) is 18.4. The van der Waals surface area contributed by atoms with Gasteiger partial charge in [0, 0.05) is 5.38 Å². The van der Waals surface area contributed by atoms with Gasteiger partial charge in [0.15, 0.2) is 0 Å². The Morgan fingerprint density at radius 1 is 1.22 bits per heavy atom. The first-order valence-electron chi connectivity index (χ1n) is 8.04. The normalized spacial score (nSPS) is 10.7. The molecule has 7 nitrogen and oxygen atoms in total. The van der Waals surface area contributed by atoms with Gasteiger partial charge in [0.2, 0.25) is 5.13 Å². The molecule has 0 radical (unpaired) electrons. The molecule has 0 bridgehead atoms. The number of benzene rings is 2. The monoisotopic (exact) mass is 382 g/mol. The van der Waals surface area contributed by atoms with E-state index in [0.29, 0.717) is 23.1 Å². The number of nitrogens with one attached hydrogen (secondary N) is 1. The number of nitrogens with two attached hydrogens (primary N) is 1. The van der Waals surface area contributed by atoms with Crippen LogP contribution in [0.1, 0.15) is 21.5 Å².